The molecule has 0 saturated heterocycles. The molecule has 0 bridgehead atoms. The van der Waals surface area contributed by atoms with E-state index in [1.165, 1.54) is 0 Å². The molecule has 0 atom stereocenters. The van der Waals surface area contributed by atoms with Gasteiger partial charge in [-0.2, -0.15) is 5.26 Å². The largest absolute Gasteiger partial charge is 0.198 e. The fourth-order valence-corrected chi connectivity index (χ4v) is 2.16. The van der Waals surface area contributed by atoms with Gasteiger partial charge in [0.2, 0.25) is 0 Å². The molecule has 0 spiro atoms. The van der Waals surface area contributed by atoms with Crippen LogP contribution in [0.15, 0.2) is 42.5 Å². The van der Waals surface area contributed by atoms with Gasteiger partial charge in [-0.15, -0.1) is 0 Å². The zero-order chi connectivity index (χ0) is 13.0. The highest BCUT2D eigenvalue weighted by Gasteiger charge is 2.04. The van der Waals surface area contributed by atoms with Gasteiger partial charge >= 0.3 is 0 Å². The molecule has 0 fully saturated rings. The summed E-state index contributed by atoms with van der Waals surface area (Å²) in [7, 11) is 0. The maximum Gasteiger partial charge on any atom is 0.0669 e. The Hall–Kier alpha value is -1.49. The zero-order valence-electron chi connectivity index (χ0n) is 9.66. The van der Waals surface area contributed by atoms with E-state index in [-0.39, 0.29) is 0 Å². The van der Waals surface area contributed by atoms with E-state index in [0.717, 1.165) is 28.1 Å². The third-order valence-corrected chi connectivity index (χ3v) is 3.23. The minimum absolute atomic E-state index is 0.403. The lowest BCUT2D eigenvalue weighted by atomic mass is 9.98. The lowest BCUT2D eigenvalue weighted by molar-refractivity contribution is 1.12. The maximum absolute atomic E-state index is 8.82. The Morgan fingerprint density at radius 2 is 1.56 bits per heavy atom. The van der Waals surface area contributed by atoms with Gasteiger partial charge in [0.1, 0.15) is 0 Å². The lowest BCUT2D eigenvalue weighted by Crippen LogP contribution is -1.95. The second-order valence-corrected chi connectivity index (χ2v) is 4.92. The van der Waals surface area contributed by atoms with Gasteiger partial charge in [-0.1, -0.05) is 41.4 Å². The molecule has 0 aliphatic rings. The van der Waals surface area contributed by atoms with Gasteiger partial charge < -0.3 is 0 Å². The fourth-order valence-electron chi connectivity index (χ4n) is 1.84. The first kappa shape index (κ1) is 13.0. The van der Waals surface area contributed by atoms with Crippen molar-refractivity contribution >= 4 is 23.2 Å². The van der Waals surface area contributed by atoms with Crippen LogP contribution in [-0.4, -0.2) is 0 Å². The maximum atomic E-state index is 8.82. The molecule has 2 rings (SSSR count). The Balaban J connectivity index is 2.30. The van der Waals surface area contributed by atoms with Crippen LogP contribution in [-0.2, 0) is 12.8 Å². The van der Waals surface area contributed by atoms with Crippen LogP contribution < -0.4 is 0 Å². The normalized spacial score (nSPS) is 10.1. The van der Waals surface area contributed by atoms with E-state index < -0.39 is 0 Å². The van der Waals surface area contributed by atoms with E-state index in [2.05, 4.69) is 6.07 Å². The molecule has 0 saturated carbocycles. The second-order valence-electron chi connectivity index (χ2n) is 4.05. The summed E-state index contributed by atoms with van der Waals surface area (Å²) in [5, 5.41) is 10.2. The van der Waals surface area contributed by atoms with Crippen molar-refractivity contribution in [3.63, 3.8) is 0 Å². The number of nitrogens with zero attached hydrogens (tertiary/aromatic N) is 1. The molecule has 0 unspecified atom stereocenters. The fraction of sp³-hybridized carbons (Fsp3) is 0.133. The summed E-state index contributed by atoms with van der Waals surface area (Å²) in [4.78, 5) is 0. The monoisotopic (exact) mass is 275 g/mol. The molecule has 3 heteroatoms. The topological polar surface area (TPSA) is 23.8 Å². The van der Waals surface area contributed by atoms with Gasteiger partial charge in [0.05, 0.1) is 12.5 Å². The molecule has 18 heavy (non-hydrogen) atoms. The van der Waals surface area contributed by atoms with Crippen LogP contribution in [0.2, 0.25) is 10.0 Å². The minimum Gasteiger partial charge on any atom is -0.198 e. The number of rotatable bonds is 3. The van der Waals surface area contributed by atoms with E-state index in [1.54, 1.807) is 0 Å². The molecule has 0 radical (unpaired) electrons. The Kier molecular flexibility index (Phi) is 4.25. The summed E-state index contributed by atoms with van der Waals surface area (Å²) in [6.07, 6.45) is 1.16. The van der Waals surface area contributed by atoms with Gasteiger partial charge in [0, 0.05) is 10.0 Å². The molecule has 0 amide bonds. The van der Waals surface area contributed by atoms with Gasteiger partial charge in [0.25, 0.3) is 0 Å². The lowest BCUT2D eigenvalue weighted by Gasteiger charge is -2.08. The number of halogens is 2. The molecule has 2 aromatic carbocycles. The van der Waals surface area contributed by atoms with Crippen molar-refractivity contribution < 1.29 is 0 Å². The van der Waals surface area contributed by atoms with Crippen LogP contribution in [0, 0.1) is 11.3 Å². The Labute approximate surface area is 117 Å². The van der Waals surface area contributed by atoms with Crippen LogP contribution in [0.4, 0.5) is 0 Å². The molecule has 0 heterocycles. The number of hydrogen-bond acceptors (Lipinski definition) is 1. The SMILES string of the molecule is N#CCc1ccc(Cl)cc1Cc1ccc(Cl)cc1. The van der Waals surface area contributed by atoms with Gasteiger partial charge in [0.15, 0.2) is 0 Å². The van der Waals surface area contributed by atoms with Crippen molar-refractivity contribution in [1.82, 2.24) is 0 Å². The molecule has 0 aliphatic carbocycles. The van der Waals surface area contributed by atoms with E-state index >= 15 is 0 Å². The standard InChI is InChI=1S/C15H11Cl2N/c16-14-4-1-11(2-5-14)9-13-10-15(17)6-3-12(13)7-8-18/h1-6,10H,7,9H2. The summed E-state index contributed by atoms with van der Waals surface area (Å²) < 4.78 is 0. The van der Waals surface area contributed by atoms with Crippen molar-refractivity contribution in [2.45, 2.75) is 12.8 Å². The van der Waals surface area contributed by atoms with Gasteiger partial charge in [-0.25, -0.2) is 0 Å². The predicted molar refractivity (Wildman–Crippen MR) is 75.0 cm³/mol. The summed E-state index contributed by atoms with van der Waals surface area (Å²) >= 11 is 11.9. The van der Waals surface area contributed by atoms with Crippen LogP contribution in [0.1, 0.15) is 16.7 Å². The highest BCUT2D eigenvalue weighted by atomic mass is 35.5. The molecule has 0 aliphatic heterocycles. The Morgan fingerprint density at radius 1 is 0.889 bits per heavy atom. The first-order valence-corrected chi connectivity index (χ1v) is 6.33. The quantitative estimate of drug-likeness (QED) is 0.800. The molecule has 0 N–H and O–H groups in total. The highest BCUT2D eigenvalue weighted by Crippen LogP contribution is 2.20. The first-order valence-electron chi connectivity index (χ1n) is 5.58. The molecule has 0 aromatic heterocycles. The summed E-state index contributed by atoms with van der Waals surface area (Å²) in [5.41, 5.74) is 3.27. The van der Waals surface area contributed by atoms with Crippen molar-refractivity contribution in [2.75, 3.05) is 0 Å². The molecule has 2 aromatic rings. The highest BCUT2D eigenvalue weighted by molar-refractivity contribution is 6.30. The average Bonchev–Trinajstić information content (AvgIpc) is 2.36. The average molecular weight is 276 g/mol. The minimum atomic E-state index is 0.403. The van der Waals surface area contributed by atoms with Crippen LogP contribution >= 0.6 is 23.2 Å². The zero-order valence-corrected chi connectivity index (χ0v) is 11.2. The third kappa shape index (κ3) is 3.26. The van der Waals surface area contributed by atoms with E-state index in [0.29, 0.717) is 11.4 Å². The second kappa shape index (κ2) is 5.91. The van der Waals surface area contributed by atoms with Crippen molar-refractivity contribution in [2.24, 2.45) is 0 Å². The third-order valence-electron chi connectivity index (χ3n) is 2.75. The van der Waals surface area contributed by atoms with E-state index in [4.69, 9.17) is 28.5 Å². The Morgan fingerprint density at radius 3 is 2.22 bits per heavy atom. The van der Waals surface area contributed by atoms with E-state index in [1.807, 2.05) is 42.5 Å². The smallest absolute Gasteiger partial charge is 0.0669 e. The number of hydrogen-bond donors (Lipinski definition) is 0. The first-order chi connectivity index (χ1) is 8.69. The van der Waals surface area contributed by atoms with Gasteiger partial charge in [-0.3, -0.25) is 0 Å². The van der Waals surface area contributed by atoms with Crippen LogP contribution in [0.25, 0.3) is 0 Å². The summed E-state index contributed by atoms with van der Waals surface area (Å²) in [6, 6.07) is 15.5. The number of benzene rings is 2. The molecular weight excluding hydrogens is 265 g/mol. The van der Waals surface area contributed by atoms with E-state index in [9.17, 15) is 0 Å². The van der Waals surface area contributed by atoms with Crippen molar-refractivity contribution in [3.8, 4) is 6.07 Å². The van der Waals surface area contributed by atoms with Crippen LogP contribution in [0.3, 0.4) is 0 Å². The van der Waals surface area contributed by atoms with Crippen LogP contribution in [0.5, 0.6) is 0 Å². The van der Waals surface area contributed by atoms with Crippen molar-refractivity contribution in [1.29, 1.82) is 5.26 Å². The molecule has 90 valence electrons. The predicted octanol–water partition coefficient (Wildman–Crippen LogP) is 4.65. The molecule has 1 nitrogen and oxygen atoms in total. The van der Waals surface area contributed by atoms with Gasteiger partial charge in [-0.05, 0) is 47.4 Å². The molecular formula is C15H11Cl2N. The summed E-state index contributed by atoms with van der Waals surface area (Å²) in [5.74, 6) is 0. The summed E-state index contributed by atoms with van der Waals surface area (Å²) in [6.45, 7) is 0. The Bertz CT molecular complexity index is 582. The number of nitriles is 1. The van der Waals surface area contributed by atoms with Crippen molar-refractivity contribution in [3.05, 3.63) is 69.2 Å².